The van der Waals surface area contributed by atoms with E-state index in [-0.39, 0.29) is 17.8 Å². The van der Waals surface area contributed by atoms with Crippen LogP contribution in [0.15, 0.2) is 42.7 Å². The fourth-order valence-electron chi connectivity index (χ4n) is 3.83. The van der Waals surface area contributed by atoms with E-state index in [2.05, 4.69) is 21.1 Å². The third-order valence-corrected chi connectivity index (χ3v) is 5.31. The fourth-order valence-corrected chi connectivity index (χ4v) is 3.83. The molecule has 1 atom stereocenters. The van der Waals surface area contributed by atoms with Crippen molar-refractivity contribution in [2.24, 2.45) is 0 Å². The summed E-state index contributed by atoms with van der Waals surface area (Å²) in [6, 6.07) is 9.98. The Bertz CT molecular complexity index is 1010. The van der Waals surface area contributed by atoms with Gasteiger partial charge in [-0.2, -0.15) is 5.10 Å². The number of hydrogen-bond donors (Lipinski definition) is 1. The van der Waals surface area contributed by atoms with E-state index in [9.17, 15) is 4.79 Å². The molecule has 1 amide bonds. The third-order valence-electron chi connectivity index (χ3n) is 5.31. The van der Waals surface area contributed by atoms with Crippen molar-refractivity contribution in [3.05, 3.63) is 65.2 Å². The Balaban J connectivity index is 1.56. The van der Waals surface area contributed by atoms with Crippen LogP contribution in [0.5, 0.6) is 0 Å². The van der Waals surface area contributed by atoms with Crippen LogP contribution in [0.4, 0.5) is 5.95 Å². The van der Waals surface area contributed by atoms with Gasteiger partial charge in [-0.3, -0.25) is 4.79 Å². The second kappa shape index (κ2) is 7.42. The first kappa shape index (κ1) is 18.2. The van der Waals surface area contributed by atoms with Gasteiger partial charge in [0.2, 0.25) is 5.95 Å². The molecule has 1 fully saturated rings. The van der Waals surface area contributed by atoms with E-state index in [1.54, 1.807) is 12.4 Å². The number of carbonyl (C=O) groups is 1. The van der Waals surface area contributed by atoms with Gasteiger partial charge in [0.15, 0.2) is 0 Å². The highest BCUT2D eigenvalue weighted by atomic mass is 16.2. The number of nitrogens with two attached hydrogens (primary N) is 1. The molecule has 0 radical (unpaired) electrons. The van der Waals surface area contributed by atoms with Gasteiger partial charge in [0, 0.05) is 25.2 Å². The highest BCUT2D eigenvalue weighted by Gasteiger charge is 2.28. The average molecular weight is 376 g/mol. The van der Waals surface area contributed by atoms with E-state index < -0.39 is 0 Å². The molecule has 0 bridgehead atoms. The van der Waals surface area contributed by atoms with Crippen molar-refractivity contribution in [2.75, 3.05) is 18.8 Å². The monoisotopic (exact) mass is 376 g/mol. The number of carbonyl (C=O) groups excluding carboxylic acids is 1. The average Bonchev–Trinajstić information content (AvgIpc) is 3.09. The molecule has 2 aromatic heterocycles. The van der Waals surface area contributed by atoms with Gasteiger partial charge in [0.25, 0.3) is 5.91 Å². The van der Waals surface area contributed by atoms with Crippen LogP contribution in [0.2, 0.25) is 0 Å². The smallest absolute Gasteiger partial charge is 0.257 e. The van der Waals surface area contributed by atoms with E-state index in [1.807, 2.05) is 47.7 Å². The SMILES string of the molecule is Cc1cccc(-n2ncc(C(=O)N3CCCC(c4ccnc(N)n4)C3)c2C)c1. The summed E-state index contributed by atoms with van der Waals surface area (Å²) in [5.41, 5.74) is 10.2. The summed E-state index contributed by atoms with van der Waals surface area (Å²) in [5, 5.41) is 4.46. The molecule has 0 saturated carbocycles. The molecule has 1 aromatic carbocycles. The number of nitrogens with zero attached hydrogens (tertiary/aromatic N) is 5. The van der Waals surface area contributed by atoms with E-state index in [4.69, 9.17) is 5.73 Å². The molecule has 0 spiro atoms. The summed E-state index contributed by atoms with van der Waals surface area (Å²) in [5.74, 6) is 0.467. The van der Waals surface area contributed by atoms with Crippen LogP contribution in [0.1, 0.15) is 46.1 Å². The molecular formula is C21H24N6O. The lowest BCUT2D eigenvalue weighted by Gasteiger charge is -2.32. The highest BCUT2D eigenvalue weighted by molar-refractivity contribution is 5.95. The standard InChI is InChI=1S/C21H24N6O/c1-14-5-3-7-17(11-14)27-15(2)18(12-24-27)20(28)26-10-4-6-16(13-26)19-8-9-23-21(22)25-19/h3,5,7-9,11-12,16H,4,6,10,13H2,1-2H3,(H2,22,23,25). The van der Waals surface area contributed by atoms with Crippen LogP contribution in [0, 0.1) is 13.8 Å². The molecular weight excluding hydrogens is 352 g/mol. The lowest BCUT2D eigenvalue weighted by molar-refractivity contribution is 0.0705. The van der Waals surface area contributed by atoms with Gasteiger partial charge in [-0.1, -0.05) is 12.1 Å². The molecule has 1 aliphatic heterocycles. The van der Waals surface area contributed by atoms with E-state index in [0.29, 0.717) is 12.1 Å². The Labute approximate surface area is 164 Å². The fraction of sp³-hybridized carbons (Fsp3) is 0.333. The van der Waals surface area contributed by atoms with Crippen molar-refractivity contribution in [3.8, 4) is 5.69 Å². The van der Waals surface area contributed by atoms with Gasteiger partial charge in [-0.25, -0.2) is 14.6 Å². The molecule has 3 heterocycles. The van der Waals surface area contributed by atoms with Crippen LogP contribution >= 0.6 is 0 Å². The van der Waals surface area contributed by atoms with E-state index in [1.165, 1.54) is 0 Å². The van der Waals surface area contributed by atoms with Crippen LogP contribution in [-0.2, 0) is 0 Å². The molecule has 1 saturated heterocycles. The quantitative estimate of drug-likeness (QED) is 0.759. The number of rotatable bonds is 3. The molecule has 144 valence electrons. The molecule has 4 rings (SSSR count). The van der Waals surface area contributed by atoms with Gasteiger partial charge >= 0.3 is 0 Å². The summed E-state index contributed by atoms with van der Waals surface area (Å²) in [6.45, 7) is 5.35. The van der Waals surface area contributed by atoms with Gasteiger partial charge in [0.05, 0.1) is 28.8 Å². The number of amides is 1. The highest BCUT2D eigenvalue weighted by Crippen LogP contribution is 2.27. The molecule has 2 N–H and O–H groups in total. The molecule has 0 aliphatic carbocycles. The van der Waals surface area contributed by atoms with Crippen molar-refractivity contribution in [1.29, 1.82) is 0 Å². The van der Waals surface area contributed by atoms with Crippen molar-refractivity contribution in [2.45, 2.75) is 32.6 Å². The number of nitrogen functional groups attached to an aromatic ring is 1. The van der Waals surface area contributed by atoms with Crippen LogP contribution in [-0.4, -0.2) is 43.6 Å². The molecule has 28 heavy (non-hydrogen) atoms. The number of likely N-dealkylation sites (tertiary alicyclic amines) is 1. The Kier molecular flexibility index (Phi) is 4.81. The van der Waals surface area contributed by atoms with E-state index in [0.717, 1.165) is 42.0 Å². The number of benzene rings is 1. The minimum atomic E-state index is 0.0168. The van der Waals surface area contributed by atoms with Crippen molar-refractivity contribution < 1.29 is 4.79 Å². The summed E-state index contributed by atoms with van der Waals surface area (Å²) >= 11 is 0. The van der Waals surface area contributed by atoms with Gasteiger partial charge in [0.1, 0.15) is 0 Å². The zero-order valence-corrected chi connectivity index (χ0v) is 16.2. The Hall–Kier alpha value is -3.22. The van der Waals surface area contributed by atoms with Crippen molar-refractivity contribution >= 4 is 11.9 Å². The first-order chi connectivity index (χ1) is 13.5. The Morgan fingerprint density at radius 2 is 2.11 bits per heavy atom. The molecule has 1 aliphatic rings. The van der Waals surface area contributed by atoms with Crippen molar-refractivity contribution in [1.82, 2.24) is 24.6 Å². The zero-order chi connectivity index (χ0) is 19.7. The van der Waals surface area contributed by atoms with Crippen LogP contribution < -0.4 is 5.73 Å². The molecule has 7 nitrogen and oxygen atoms in total. The number of aromatic nitrogens is 4. The van der Waals surface area contributed by atoms with Crippen molar-refractivity contribution in [3.63, 3.8) is 0 Å². The minimum Gasteiger partial charge on any atom is -0.368 e. The number of aryl methyl sites for hydroxylation is 1. The second-order valence-electron chi connectivity index (χ2n) is 7.32. The minimum absolute atomic E-state index is 0.0168. The van der Waals surface area contributed by atoms with Gasteiger partial charge in [-0.15, -0.1) is 0 Å². The third kappa shape index (κ3) is 3.47. The lowest BCUT2D eigenvalue weighted by atomic mass is 9.94. The zero-order valence-electron chi connectivity index (χ0n) is 16.2. The first-order valence-electron chi connectivity index (χ1n) is 9.52. The lowest BCUT2D eigenvalue weighted by Crippen LogP contribution is -2.39. The summed E-state index contributed by atoms with van der Waals surface area (Å²) < 4.78 is 1.83. The van der Waals surface area contributed by atoms with E-state index >= 15 is 0 Å². The van der Waals surface area contributed by atoms with Crippen LogP contribution in [0.3, 0.4) is 0 Å². The molecule has 7 heteroatoms. The maximum atomic E-state index is 13.2. The first-order valence-corrected chi connectivity index (χ1v) is 9.52. The number of piperidine rings is 1. The van der Waals surface area contributed by atoms with Gasteiger partial charge in [-0.05, 0) is 50.5 Å². The predicted octanol–water partition coefficient (Wildman–Crippen LogP) is 2.88. The molecule has 3 aromatic rings. The van der Waals surface area contributed by atoms with Crippen LogP contribution in [0.25, 0.3) is 5.69 Å². The Morgan fingerprint density at radius 3 is 2.89 bits per heavy atom. The normalized spacial score (nSPS) is 16.9. The summed E-state index contributed by atoms with van der Waals surface area (Å²) in [6.07, 6.45) is 5.27. The second-order valence-corrected chi connectivity index (χ2v) is 7.32. The number of anilines is 1. The maximum absolute atomic E-state index is 13.2. The predicted molar refractivity (Wildman–Crippen MR) is 107 cm³/mol. The largest absolute Gasteiger partial charge is 0.368 e. The maximum Gasteiger partial charge on any atom is 0.257 e. The Morgan fingerprint density at radius 1 is 1.25 bits per heavy atom. The molecule has 1 unspecified atom stereocenters. The summed E-state index contributed by atoms with van der Waals surface area (Å²) in [4.78, 5) is 23.4. The van der Waals surface area contributed by atoms with Gasteiger partial charge < -0.3 is 10.6 Å². The topological polar surface area (TPSA) is 89.9 Å². The number of hydrogen-bond acceptors (Lipinski definition) is 5. The summed E-state index contributed by atoms with van der Waals surface area (Å²) in [7, 11) is 0.